The summed E-state index contributed by atoms with van der Waals surface area (Å²) >= 11 is 0. The maximum atomic E-state index is 10.9. The van der Waals surface area contributed by atoms with Crippen LogP contribution in [0.5, 0.6) is 11.5 Å². The predicted molar refractivity (Wildman–Crippen MR) is 134 cm³/mol. The number of anilines is 1. The summed E-state index contributed by atoms with van der Waals surface area (Å²) in [6, 6.07) is 15.8. The van der Waals surface area contributed by atoms with Crippen molar-refractivity contribution in [3.05, 3.63) is 54.1 Å². The fourth-order valence-electron chi connectivity index (χ4n) is 3.38. The molecular weight excluding hydrogens is 509 g/mol. The largest absolute Gasteiger partial charge is 0.497 e. The summed E-state index contributed by atoms with van der Waals surface area (Å²) in [5.74, 6) is 1.86. The zero-order valence-electron chi connectivity index (χ0n) is 17.9. The molecule has 0 unspecified atom stereocenters. The van der Waals surface area contributed by atoms with Gasteiger partial charge in [0.05, 0.1) is 7.11 Å². The highest BCUT2D eigenvalue weighted by Crippen LogP contribution is 2.20. The second kappa shape index (κ2) is 12.2. The normalized spacial score (nSPS) is 13.9. The maximum absolute atomic E-state index is 10.9. The van der Waals surface area contributed by atoms with Gasteiger partial charge in [0.1, 0.15) is 11.5 Å². The van der Waals surface area contributed by atoms with Crippen LogP contribution in [-0.2, 0) is 11.3 Å². The van der Waals surface area contributed by atoms with Crippen LogP contribution < -0.4 is 25.4 Å². The van der Waals surface area contributed by atoms with Crippen LogP contribution in [0.25, 0.3) is 0 Å². The maximum Gasteiger partial charge on any atom is 0.255 e. The Bertz CT molecular complexity index is 868. The molecule has 0 aliphatic carbocycles. The van der Waals surface area contributed by atoms with Crippen molar-refractivity contribution >= 4 is 41.5 Å². The van der Waals surface area contributed by atoms with Crippen molar-refractivity contribution in [1.29, 1.82) is 0 Å². The number of guanidine groups is 1. The van der Waals surface area contributed by atoms with Gasteiger partial charge in [0.25, 0.3) is 5.91 Å². The number of halogens is 1. The van der Waals surface area contributed by atoms with Crippen LogP contribution in [0.2, 0.25) is 0 Å². The Morgan fingerprint density at radius 3 is 2.42 bits per heavy atom. The third-order valence-corrected chi connectivity index (χ3v) is 4.96. The molecular formula is C22H30IN5O3. The monoisotopic (exact) mass is 539 g/mol. The second-order valence-electron chi connectivity index (χ2n) is 6.98. The molecule has 2 aromatic carbocycles. The molecule has 31 heavy (non-hydrogen) atoms. The average molecular weight is 539 g/mol. The van der Waals surface area contributed by atoms with Gasteiger partial charge in [0.2, 0.25) is 0 Å². The van der Waals surface area contributed by atoms with E-state index >= 15 is 0 Å². The number of nitrogens with two attached hydrogens (primary N) is 1. The Labute approximate surface area is 200 Å². The van der Waals surface area contributed by atoms with Crippen molar-refractivity contribution in [2.45, 2.75) is 6.54 Å². The quantitative estimate of drug-likeness (QED) is 0.318. The van der Waals surface area contributed by atoms with Crippen molar-refractivity contribution in [3.63, 3.8) is 0 Å². The van der Waals surface area contributed by atoms with Gasteiger partial charge >= 0.3 is 0 Å². The van der Waals surface area contributed by atoms with Crippen molar-refractivity contribution in [2.75, 3.05) is 51.8 Å². The first-order chi connectivity index (χ1) is 14.6. The first-order valence-electron chi connectivity index (χ1n) is 9.93. The van der Waals surface area contributed by atoms with Gasteiger partial charge in [0.15, 0.2) is 12.6 Å². The minimum Gasteiger partial charge on any atom is -0.497 e. The van der Waals surface area contributed by atoms with Crippen molar-refractivity contribution < 1.29 is 14.3 Å². The number of nitrogens with zero attached hydrogens (tertiary/aromatic N) is 3. The summed E-state index contributed by atoms with van der Waals surface area (Å²) in [6.45, 7) is 4.09. The minimum absolute atomic E-state index is 0. The van der Waals surface area contributed by atoms with E-state index in [1.807, 2.05) is 30.3 Å². The number of nitrogens with one attached hydrogen (secondary N) is 1. The highest BCUT2D eigenvalue weighted by atomic mass is 127. The van der Waals surface area contributed by atoms with E-state index in [0.29, 0.717) is 12.3 Å². The predicted octanol–water partition coefficient (Wildman–Crippen LogP) is 2.07. The molecule has 9 heteroatoms. The number of carbonyl (C=O) groups is 1. The summed E-state index contributed by atoms with van der Waals surface area (Å²) in [6.07, 6.45) is 0. The van der Waals surface area contributed by atoms with Crippen LogP contribution in [0.1, 0.15) is 5.56 Å². The van der Waals surface area contributed by atoms with Crippen LogP contribution in [0, 0.1) is 0 Å². The van der Waals surface area contributed by atoms with Crippen LogP contribution in [0.15, 0.2) is 53.5 Å². The molecule has 168 valence electrons. The Balaban J connectivity index is 0.00000341. The van der Waals surface area contributed by atoms with Crippen LogP contribution in [-0.4, -0.2) is 63.7 Å². The van der Waals surface area contributed by atoms with E-state index < -0.39 is 5.91 Å². The molecule has 1 heterocycles. The number of rotatable bonds is 7. The number of amides is 1. The van der Waals surface area contributed by atoms with Gasteiger partial charge in [-0.3, -0.25) is 9.79 Å². The molecule has 2 aromatic rings. The number of piperazine rings is 1. The molecule has 0 aromatic heterocycles. The van der Waals surface area contributed by atoms with Crippen LogP contribution in [0.3, 0.4) is 0 Å². The lowest BCUT2D eigenvalue weighted by molar-refractivity contribution is -0.119. The zero-order valence-corrected chi connectivity index (χ0v) is 20.2. The molecule has 3 N–H and O–H groups in total. The zero-order chi connectivity index (χ0) is 21.3. The highest BCUT2D eigenvalue weighted by Gasteiger charge is 2.19. The van der Waals surface area contributed by atoms with E-state index in [1.165, 1.54) is 5.69 Å². The van der Waals surface area contributed by atoms with E-state index in [4.69, 9.17) is 15.2 Å². The molecule has 0 radical (unpaired) electrons. The van der Waals surface area contributed by atoms with Gasteiger partial charge in [-0.05, 0) is 42.0 Å². The van der Waals surface area contributed by atoms with Gasteiger partial charge in [0, 0.05) is 45.5 Å². The number of methoxy groups -OCH3 is 1. The Morgan fingerprint density at radius 1 is 1.10 bits per heavy atom. The first-order valence-corrected chi connectivity index (χ1v) is 9.93. The Hall–Kier alpha value is -2.69. The van der Waals surface area contributed by atoms with Crippen LogP contribution in [0.4, 0.5) is 5.69 Å². The Kier molecular flexibility index (Phi) is 9.70. The summed E-state index contributed by atoms with van der Waals surface area (Å²) in [5, 5.41) is 3.41. The van der Waals surface area contributed by atoms with E-state index in [9.17, 15) is 4.79 Å². The van der Waals surface area contributed by atoms with Crippen LogP contribution >= 0.6 is 24.0 Å². The summed E-state index contributed by atoms with van der Waals surface area (Å²) in [4.78, 5) is 19.9. The van der Waals surface area contributed by atoms with Crippen molar-refractivity contribution in [3.8, 4) is 11.5 Å². The number of aliphatic imine (C=N–C) groups is 1. The van der Waals surface area contributed by atoms with Gasteiger partial charge in [-0.1, -0.05) is 12.1 Å². The van der Waals surface area contributed by atoms with E-state index in [1.54, 1.807) is 20.2 Å². The SMILES string of the molecule is CN=C(NCc1cccc(OCC(N)=O)c1)N1CCN(c2ccc(OC)cc2)CC1.I. The third kappa shape index (κ3) is 7.20. The second-order valence-corrected chi connectivity index (χ2v) is 6.98. The standard InChI is InChI=1S/C22H29N5O3.HI/c1-24-22(25-15-17-4-3-5-20(14-17)30-16-21(23)28)27-12-10-26(11-13-27)18-6-8-19(29-2)9-7-18;/h3-9,14H,10-13,15-16H2,1-2H3,(H2,23,28)(H,24,25);1H. The average Bonchev–Trinajstić information content (AvgIpc) is 2.79. The minimum atomic E-state index is -0.493. The summed E-state index contributed by atoms with van der Waals surface area (Å²) < 4.78 is 10.6. The van der Waals surface area contributed by atoms with E-state index in [2.05, 4.69) is 32.2 Å². The molecule has 1 aliphatic heterocycles. The molecule has 0 spiro atoms. The molecule has 1 amide bonds. The van der Waals surface area contributed by atoms with Gasteiger partial charge in [-0.25, -0.2) is 0 Å². The highest BCUT2D eigenvalue weighted by molar-refractivity contribution is 14.0. The number of carbonyl (C=O) groups excluding carboxylic acids is 1. The fourth-order valence-corrected chi connectivity index (χ4v) is 3.38. The lowest BCUT2D eigenvalue weighted by Crippen LogP contribution is -2.52. The summed E-state index contributed by atoms with van der Waals surface area (Å²) in [7, 11) is 3.47. The molecule has 3 rings (SSSR count). The topological polar surface area (TPSA) is 92.4 Å². The number of ether oxygens (including phenoxy) is 2. The number of hydrogen-bond donors (Lipinski definition) is 2. The molecule has 1 aliphatic rings. The molecule has 8 nitrogen and oxygen atoms in total. The molecule has 1 saturated heterocycles. The number of hydrogen-bond acceptors (Lipinski definition) is 5. The first kappa shape index (κ1) is 24.6. The van der Waals surface area contributed by atoms with E-state index in [0.717, 1.165) is 43.5 Å². The van der Waals surface area contributed by atoms with Gasteiger partial charge in [-0.2, -0.15) is 0 Å². The molecule has 0 atom stereocenters. The smallest absolute Gasteiger partial charge is 0.255 e. The lowest BCUT2D eigenvalue weighted by atomic mass is 10.2. The van der Waals surface area contributed by atoms with E-state index in [-0.39, 0.29) is 30.6 Å². The number of benzene rings is 2. The van der Waals surface area contributed by atoms with Gasteiger partial charge < -0.3 is 30.3 Å². The van der Waals surface area contributed by atoms with Gasteiger partial charge in [-0.15, -0.1) is 24.0 Å². The Morgan fingerprint density at radius 2 is 1.81 bits per heavy atom. The lowest BCUT2D eigenvalue weighted by Gasteiger charge is -2.37. The molecule has 0 bridgehead atoms. The fraction of sp³-hybridized carbons (Fsp3) is 0.364. The molecule has 1 fully saturated rings. The summed E-state index contributed by atoms with van der Waals surface area (Å²) in [5.41, 5.74) is 7.37. The number of primary amides is 1. The van der Waals surface area contributed by atoms with Crippen molar-refractivity contribution in [2.24, 2.45) is 10.7 Å². The third-order valence-electron chi connectivity index (χ3n) is 4.96. The van der Waals surface area contributed by atoms with Crippen molar-refractivity contribution in [1.82, 2.24) is 10.2 Å². The molecule has 0 saturated carbocycles.